The summed E-state index contributed by atoms with van der Waals surface area (Å²) < 4.78 is 22.2. The SMILES string of the molecule is COc1ccc(OC)c(-c2cc3ccc(OCc4ccccc4C)cc3oc2=O)c1. The summed E-state index contributed by atoms with van der Waals surface area (Å²) in [5.74, 6) is 1.84. The largest absolute Gasteiger partial charge is 0.497 e. The van der Waals surface area contributed by atoms with Gasteiger partial charge in [-0.05, 0) is 54.4 Å². The van der Waals surface area contributed by atoms with Crippen molar-refractivity contribution in [1.29, 1.82) is 0 Å². The maximum Gasteiger partial charge on any atom is 0.344 e. The molecule has 0 N–H and O–H groups in total. The first-order chi connectivity index (χ1) is 14.6. The second kappa shape index (κ2) is 8.33. The lowest BCUT2D eigenvalue weighted by Crippen LogP contribution is -2.04. The van der Waals surface area contributed by atoms with Crippen molar-refractivity contribution in [3.05, 3.63) is 88.3 Å². The number of benzene rings is 3. The molecule has 0 aliphatic heterocycles. The van der Waals surface area contributed by atoms with Crippen LogP contribution >= 0.6 is 0 Å². The highest BCUT2D eigenvalue weighted by atomic mass is 16.5. The first kappa shape index (κ1) is 19.6. The third-order valence-electron chi connectivity index (χ3n) is 5.06. The molecule has 30 heavy (non-hydrogen) atoms. The molecule has 0 spiro atoms. The zero-order valence-corrected chi connectivity index (χ0v) is 17.1. The average molecular weight is 402 g/mol. The van der Waals surface area contributed by atoms with Gasteiger partial charge >= 0.3 is 5.63 Å². The molecule has 5 nitrogen and oxygen atoms in total. The third-order valence-corrected chi connectivity index (χ3v) is 5.06. The summed E-state index contributed by atoms with van der Waals surface area (Å²) in [7, 11) is 3.14. The number of hydrogen-bond donors (Lipinski definition) is 0. The van der Waals surface area contributed by atoms with Gasteiger partial charge in [-0.15, -0.1) is 0 Å². The summed E-state index contributed by atoms with van der Waals surface area (Å²) in [4.78, 5) is 12.7. The maximum absolute atomic E-state index is 12.7. The van der Waals surface area contributed by atoms with Gasteiger partial charge < -0.3 is 18.6 Å². The van der Waals surface area contributed by atoms with Crippen molar-refractivity contribution < 1.29 is 18.6 Å². The van der Waals surface area contributed by atoms with Crippen LogP contribution in [0.3, 0.4) is 0 Å². The van der Waals surface area contributed by atoms with Gasteiger partial charge in [0.25, 0.3) is 0 Å². The molecule has 0 radical (unpaired) electrons. The monoisotopic (exact) mass is 402 g/mol. The van der Waals surface area contributed by atoms with E-state index in [9.17, 15) is 4.79 Å². The Morgan fingerprint density at radius 1 is 0.833 bits per heavy atom. The molecule has 0 amide bonds. The van der Waals surface area contributed by atoms with E-state index < -0.39 is 5.63 Å². The Kier molecular flexibility index (Phi) is 5.44. The Morgan fingerprint density at radius 2 is 1.63 bits per heavy atom. The molecular formula is C25H22O5. The molecule has 5 heteroatoms. The summed E-state index contributed by atoms with van der Waals surface area (Å²) in [5, 5.41) is 0.790. The zero-order valence-electron chi connectivity index (χ0n) is 17.1. The van der Waals surface area contributed by atoms with Crippen LogP contribution in [0.15, 0.2) is 75.9 Å². The van der Waals surface area contributed by atoms with E-state index in [2.05, 4.69) is 0 Å². The molecule has 0 atom stereocenters. The summed E-state index contributed by atoms with van der Waals surface area (Å²) in [6.45, 7) is 2.49. The van der Waals surface area contributed by atoms with Crippen molar-refractivity contribution in [2.75, 3.05) is 14.2 Å². The van der Waals surface area contributed by atoms with Crippen LogP contribution < -0.4 is 19.8 Å². The highest BCUT2D eigenvalue weighted by Crippen LogP contribution is 2.33. The quantitative estimate of drug-likeness (QED) is 0.406. The fourth-order valence-electron chi connectivity index (χ4n) is 3.33. The number of methoxy groups -OCH3 is 2. The molecule has 1 heterocycles. The van der Waals surface area contributed by atoms with Crippen molar-refractivity contribution in [1.82, 2.24) is 0 Å². The average Bonchev–Trinajstić information content (AvgIpc) is 2.77. The molecule has 0 unspecified atom stereocenters. The molecule has 0 fully saturated rings. The lowest BCUT2D eigenvalue weighted by molar-refractivity contribution is 0.305. The van der Waals surface area contributed by atoms with Gasteiger partial charge in [-0.25, -0.2) is 4.79 Å². The predicted octanol–water partition coefficient (Wildman–Crippen LogP) is 5.36. The smallest absolute Gasteiger partial charge is 0.344 e. The van der Waals surface area contributed by atoms with E-state index in [1.54, 1.807) is 44.6 Å². The van der Waals surface area contributed by atoms with Gasteiger partial charge in [0.1, 0.15) is 29.4 Å². The van der Waals surface area contributed by atoms with Crippen LogP contribution in [0.1, 0.15) is 11.1 Å². The number of hydrogen-bond acceptors (Lipinski definition) is 5. The van der Waals surface area contributed by atoms with Crippen LogP contribution in [0.2, 0.25) is 0 Å². The van der Waals surface area contributed by atoms with E-state index in [1.807, 2.05) is 43.3 Å². The lowest BCUT2D eigenvalue weighted by atomic mass is 10.0. The van der Waals surface area contributed by atoms with Crippen LogP contribution in [0.5, 0.6) is 17.2 Å². The molecule has 0 bridgehead atoms. The predicted molar refractivity (Wildman–Crippen MR) is 117 cm³/mol. The fraction of sp³-hybridized carbons (Fsp3) is 0.160. The van der Waals surface area contributed by atoms with Gasteiger partial charge in [0.15, 0.2) is 0 Å². The van der Waals surface area contributed by atoms with Crippen LogP contribution in [0.4, 0.5) is 0 Å². The van der Waals surface area contributed by atoms with Gasteiger partial charge in [0.2, 0.25) is 0 Å². The Morgan fingerprint density at radius 3 is 2.40 bits per heavy atom. The van der Waals surface area contributed by atoms with E-state index >= 15 is 0 Å². The third kappa shape index (κ3) is 3.87. The van der Waals surface area contributed by atoms with Crippen molar-refractivity contribution in [3.63, 3.8) is 0 Å². The van der Waals surface area contributed by atoms with Gasteiger partial charge in [-0.3, -0.25) is 0 Å². The Balaban J connectivity index is 1.68. The topological polar surface area (TPSA) is 57.9 Å². The van der Waals surface area contributed by atoms with Gasteiger partial charge in [-0.2, -0.15) is 0 Å². The van der Waals surface area contributed by atoms with Gasteiger partial charge in [-0.1, -0.05) is 24.3 Å². The van der Waals surface area contributed by atoms with Crippen molar-refractivity contribution in [3.8, 4) is 28.4 Å². The lowest BCUT2D eigenvalue weighted by Gasteiger charge is -2.11. The van der Waals surface area contributed by atoms with Crippen molar-refractivity contribution >= 4 is 11.0 Å². The molecule has 4 rings (SSSR count). The minimum atomic E-state index is -0.454. The molecule has 152 valence electrons. The fourth-order valence-corrected chi connectivity index (χ4v) is 3.33. The van der Waals surface area contributed by atoms with E-state index in [0.717, 1.165) is 10.9 Å². The minimum Gasteiger partial charge on any atom is -0.497 e. The Hall–Kier alpha value is -3.73. The van der Waals surface area contributed by atoms with Crippen LogP contribution in [-0.4, -0.2) is 14.2 Å². The molecular weight excluding hydrogens is 380 g/mol. The molecule has 4 aromatic rings. The maximum atomic E-state index is 12.7. The number of fused-ring (bicyclic) bond motifs is 1. The second-order valence-electron chi connectivity index (χ2n) is 6.93. The summed E-state index contributed by atoms with van der Waals surface area (Å²) >= 11 is 0. The highest BCUT2D eigenvalue weighted by Gasteiger charge is 2.14. The summed E-state index contributed by atoms with van der Waals surface area (Å²) in [6.07, 6.45) is 0. The summed E-state index contributed by atoms with van der Waals surface area (Å²) in [5.41, 5.74) is 3.32. The Labute approximate surface area is 174 Å². The zero-order chi connectivity index (χ0) is 21.1. The van der Waals surface area contributed by atoms with Crippen LogP contribution in [0.25, 0.3) is 22.1 Å². The van der Waals surface area contributed by atoms with Gasteiger partial charge in [0.05, 0.1) is 19.8 Å². The number of aryl methyl sites for hydroxylation is 1. The van der Waals surface area contributed by atoms with E-state index in [-0.39, 0.29) is 0 Å². The first-order valence-electron chi connectivity index (χ1n) is 9.56. The van der Waals surface area contributed by atoms with Crippen LogP contribution in [0, 0.1) is 6.92 Å². The minimum absolute atomic E-state index is 0.409. The van der Waals surface area contributed by atoms with Crippen LogP contribution in [-0.2, 0) is 6.61 Å². The van der Waals surface area contributed by atoms with Crippen molar-refractivity contribution in [2.24, 2.45) is 0 Å². The molecule has 0 aliphatic carbocycles. The van der Waals surface area contributed by atoms with Gasteiger partial charge in [0, 0.05) is 17.0 Å². The number of ether oxygens (including phenoxy) is 3. The number of rotatable bonds is 6. The van der Waals surface area contributed by atoms with Crippen molar-refractivity contribution in [2.45, 2.75) is 13.5 Å². The van der Waals surface area contributed by atoms with E-state index in [4.69, 9.17) is 18.6 Å². The van der Waals surface area contributed by atoms with E-state index in [0.29, 0.717) is 40.6 Å². The normalized spacial score (nSPS) is 10.8. The standard InChI is InChI=1S/C25H22O5/c1-16-6-4-5-7-18(16)15-29-20-9-8-17-12-22(25(26)30-24(17)14-20)21-13-19(27-2)10-11-23(21)28-3/h4-14H,15H2,1-3H3. The molecule has 3 aromatic carbocycles. The summed E-state index contributed by atoms with van der Waals surface area (Å²) in [6, 6.07) is 20.6. The molecule has 1 aromatic heterocycles. The van der Waals surface area contributed by atoms with E-state index in [1.165, 1.54) is 5.56 Å². The highest BCUT2D eigenvalue weighted by molar-refractivity contribution is 5.84. The first-order valence-corrected chi connectivity index (χ1v) is 9.56. The Bertz CT molecular complexity index is 1260. The molecule has 0 saturated carbocycles. The molecule has 0 saturated heterocycles. The molecule has 0 aliphatic rings. The second-order valence-corrected chi connectivity index (χ2v) is 6.93.